The monoisotopic (exact) mass is 1540 g/mol. The summed E-state index contributed by atoms with van der Waals surface area (Å²) in [6.45, 7) is 9.11. The van der Waals surface area contributed by atoms with Crippen LogP contribution in [-0.4, -0.2) is 282 Å². The maximum absolute atomic E-state index is 15.9. The van der Waals surface area contributed by atoms with Crippen LogP contribution < -0.4 is 16.0 Å². The summed E-state index contributed by atoms with van der Waals surface area (Å²) >= 11 is 0. The highest BCUT2D eigenvalue weighted by atomic mass is 19.4. The first-order valence-electron chi connectivity index (χ1n) is 40.8. The maximum atomic E-state index is 15.9. The first-order chi connectivity index (χ1) is 51.4. The molecule has 4 N–H and O–H groups in total. The van der Waals surface area contributed by atoms with E-state index < -0.39 is 199 Å². The van der Waals surface area contributed by atoms with Crippen LogP contribution in [0.3, 0.4) is 0 Å². The Hall–Kier alpha value is -6.49. The lowest BCUT2D eigenvalue weighted by Gasteiger charge is -2.55. The van der Waals surface area contributed by atoms with Crippen molar-refractivity contribution in [1.29, 1.82) is 0 Å². The molecule has 8 rings (SSSR count). The van der Waals surface area contributed by atoms with Crippen LogP contribution in [-0.2, 0) is 57.5 Å². The molecule has 616 valence electrons. The number of carbonyl (C=O) groups is 11. The number of likely N-dealkylation sites (N-methyl/N-ethyl adjacent to an activating group) is 6. The average molecular weight is 1540 g/mol. The molecule has 5 aliphatic carbocycles. The van der Waals surface area contributed by atoms with Crippen LogP contribution in [0, 0.1) is 40.9 Å². The maximum Gasteiger partial charge on any atom is 0.394 e. The predicted octanol–water partition coefficient (Wildman–Crippen LogP) is 7.36. The molecular formula is C80H130F4N12O13. The Morgan fingerprint density at radius 1 is 0.651 bits per heavy atom. The van der Waals surface area contributed by atoms with E-state index in [4.69, 9.17) is 4.74 Å². The number of aliphatic hydroxyl groups is 1. The highest BCUT2D eigenvalue weighted by molar-refractivity contribution is 6.00. The van der Waals surface area contributed by atoms with Gasteiger partial charge in [-0.05, 0) is 170 Å². The summed E-state index contributed by atoms with van der Waals surface area (Å²) in [5.41, 5.74) is -2.17. The Morgan fingerprint density at radius 3 is 1.89 bits per heavy atom. The molecule has 0 aromatic carbocycles. The van der Waals surface area contributed by atoms with Crippen molar-refractivity contribution >= 4 is 65.0 Å². The number of aliphatic hydroxyl groups excluding tert-OH is 1. The number of allylic oxidation sites excluding steroid dienone is 2. The number of nitrogens with one attached hydrogen (secondary N) is 3. The fourth-order valence-corrected chi connectivity index (χ4v) is 18.7. The molecule has 11 amide bonds. The Morgan fingerprint density at radius 2 is 1.29 bits per heavy atom. The first kappa shape index (κ1) is 88.1. The van der Waals surface area contributed by atoms with Crippen molar-refractivity contribution in [2.45, 2.75) is 299 Å². The van der Waals surface area contributed by atoms with Crippen molar-refractivity contribution in [3.63, 3.8) is 0 Å². The van der Waals surface area contributed by atoms with E-state index in [2.05, 4.69) is 22.9 Å². The number of carbonyl (C=O) groups excluding carboxylic acids is 11. The van der Waals surface area contributed by atoms with Gasteiger partial charge in [0.15, 0.2) is 0 Å². The summed E-state index contributed by atoms with van der Waals surface area (Å²) in [7, 11) is 11.9. The van der Waals surface area contributed by atoms with Gasteiger partial charge in [0, 0.05) is 88.5 Å². The second-order valence-electron chi connectivity index (χ2n) is 34.6. The first-order valence-corrected chi connectivity index (χ1v) is 40.8. The summed E-state index contributed by atoms with van der Waals surface area (Å²) in [5, 5.41) is 22.0. The average Bonchev–Trinajstić information content (AvgIpc) is 0.859. The number of hydrogen-bond donors (Lipinski definition) is 4. The number of fused-ring (bicyclic) bond motifs is 3. The van der Waals surface area contributed by atoms with E-state index in [1.165, 1.54) is 88.5 Å². The molecule has 0 aromatic rings. The van der Waals surface area contributed by atoms with Crippen molar-refractivity contribution in [2.75, 3.05) is 89.2 Å². The summed E-state index contributed by atoms with van der Waals surface area (Å²) in [6.07, 6.45) is 4.24. The van der Waals surface area contributed by atoms with Crippen LogP contribution in [0.1, 0.15) is 221 Å². The highest BCUT2D eigenvalue weighted by Gasteiger charge is 2.59. The molecule has 3 heterocycles. The van der Waals surface area contributed by atoms with Gasteiger partial charge in [-0.3, -0.25) is 57.6 Å². The number of nitrogens with zero attached hydrogens (tertiary/aromatic N) is 9. The zero-order chi connectivity index (χ0) is 80.1. The van der Waals surface area contributed by atoms with Crippen LogP contribution in [0.5, 0.6) is 0 Å². The van der Waals surface area contributed by atoms with E-state index in [-0.39, 0.29) is 95.6 Å². The molecule has 5 saturated carbocycles. The molecular weight excluding hydrogens is 1410 g/mol. The zero-order valence-electron chi connectivity index (χ0n) is 67.4. The molecule has 0 aromatic heterocycles. The van der Waals surface area contributed by atoms with Crippen molar-refractivity contribution in [3.05, 3.63) is 12.2 Å². The molecule has 5 unspecified atom stereocenters. The minimum Gasteiger partial charge on any atom is -0.378 e. The molecule has 0 radical (unpaired) electrons. The largest absolute Gasteiger partial charge is 0.394 e. The second-order valence-corrected chi connectivity index (χ2v) is 34.6. The molecule has 1 spiro atoms. The van der Waals surface area contributed by atoms with Gasteiger partial charge < -0.3 is 65.0 Å². The SMILES string of the molecule is CCC[C@H]1CC(=O)N[C@@H](C2CCC2)C(=O)N(C)CC(=O)N(C)[C@H]2CC/C=C\CCCN(C2O)[C@@H](CC2CCC(C)CC2)C(=O)N(C)CC(=O)N[C@@H](CCC2CCC(C(F)(F)F)C(F)C2)C(=O)N2CC[C@H](OCC)CC[C@H]2C(=O)NC2(CC(C)(C)C2)C(=O)N(C)[C@@H](C2CCC2)C(=O)N(C)[C@H](C(=O)N(C)C)CC(=O)N1C. The fraction of sp³-hybridized carbons (Fsp3) is 0.838. The summed E-state index contributed by atoms with van der Waals surface area (Å²) in [4.78, 5) is 179. The minimum atomic E-state index is -4.77. The van der Waals surface area contributed by atoms with Gasteiger partial charge in [0.05, 0.1) is 43.6 Å². The molecule has 7 fully saturated rings. The van der Waals surface area contributed by atoms with Crippen LogP contribution in [0.15, 0.2) is 12.2 Å². The van der Waals surface area contributed by atoms with Crippen LogP contribution in [0.2, 0.25) is 0 Å². The van der Waals surface area contributed by atoms with E-state index >= 15 is 33.2 Å². The topological polar surface area (TPSA) is 282 Å². The van der Waals surface area contributed by atoms with Crippen LogP contribution in [0.25, 0.3) is 0 Å². The molecule has 8 aliphatic rings. The summed E-state index contributed by atoms with van der Waals surface area (Å²) in [6, 6.07) is -9.11. The third-order valence-corrected chi connectivity index (χ3v) is 25.7. The van der Waals surface area contributed by atoms with Gasteiger partial charge in [-0.15, -0.1) is 0 Å². The Labute approximate surface area is 644 Å². The van der Waals surface area contributed by atoms with Crippen molar-refractivity contribution in [2.24, 2.45) is 40.9 Å². The zero-order valence-corrected chi connectivity index (χ0v) is 67.4. The second kappa shape index (κ2) is 38.8. The molecule has 109 heavy (non-hydrogen) atoms. The molecule has 2 saturated heterocycles. The lowest BCUT2D eigenvalue weighted by atomic mass is 9.58. The van der Waals surface area contributed by atoms with Gasteiger partial charge in [0.25, 0.3) is 0 Å². The fourth-order valence-electron chi connectivity index (χ4n) is 18.7. The molecule has 3 aliphatic heterocycles. The van der Waals surface area contributed by atoms with E-state index in [0.29, 0.717) is 70.3 Å². The van der Waals surface area contributed by atoms with Gasteiger partial charge in [-0.1, -0.05) is 84.8 Å². The van der Waals surface area contributed by atoms with Gasteiger partial charge in [0.2, 0.25) is 65.0 Å². The normalized spacial score (nSPS) is 33.7. The third-order valence-electron chi connectivity index (χ3n) is 25.7. The lowest BCUT2D eigenvalue weighted by molar-refractivity contribution is -0.201. The van der Waals surface area contributed by atoms with Crippen LogP contribution in [0.4, 0.5) is 17.6 Å². The van der Waals surface area contributed by atoms with Gasteiger partial charge in [-0.25, -0.2) is 4.39 Å². The van der Waals surface area contributed by atoms with Crippen molar-refractivity contribution in [1.82, 2.24) is 60.0 Å². The van der Waals surface area contributed by atoms with E-state index in [0.717, 1.165) is 38.5 Å². The summed E-state index contributed by atoms with van der Waals surface area (Å²) < 4.78 is 64.0. The van der Waals surface area contributed by atoms with Crippen molar-refractivity contribution in [3.8, 4) is 0 Å². The standard InChI is InChI=1S/C80H130F4N12O13/c1-14-23-55-44-64(97)86-68(53-24-21-25-53)75(106)90(9)47-67(100)92(11)61-28-19-17-16-18-20-40-95(74(61)105)63(43-52-31-29-50(3)30-32-52)73(104)89(8)46-65(98)85-59(37-34-51-33-36-57(58(81)42-51)80(82,83)84)71(102)96-41-39-56(109-15-2)35-38-60(96)70(101)87-79(48-78(4,5)49-79)77(108)94(13)69(54-26-22-27-54)76(107)93(12)62(72(103)88(6)7)45-66(99)91(55)10/h16-17,50-63,68-69,74,105H,14-15,18-49H2,1-13H3,(H,85,98)(H,86,97)(H,87,101)/b17-16-/t50?,51?,52?,55-,56+,57?,58?,59-,60-,61-,62-,63-,68-,69-,74?/m0/s1. The van der Waals surface area contributed by atoms with Crippen molar-refractivity contribution < 1.29 is 80.1 Å². The Balaban J connectivity index is 1.21. The number of alkyl halides is 4. The van der Waals surface area contributed by atoms with Gasteiger partial charge in [0.1, 0.15) is 48.1 Å². The Kier molecular flexibility index (Phi) is 31.4. The number of rotatable bonds is 12. The van der Waals surface area contributed by atoms with Gasteiger partial charge in [-0.2, -0.15) is 13.2 Å². The van der Waals surface area contributed by atoms with E-state index in [1.54, 1.807) is 11.9 Å². The third kappa shape index (κ3) is 22.3. The predicted molar refractivity (Wildman–Crippen MR) is 402 cm³/mol. The van der Waals surface area contributed by atoms with E-state index in [9.17, 15) is 42.3 Å². The van der Waals surface area contributed by atoms with Gasteiger partial charge >= 0.3 is 6.18 Å². The number of ether oxygens (including phenoxy) is 1. The molecule has 25 nitrogen and oxygen atoms in total. The van der Waals surface area contributed by atoms with E-state index in [1.807, 2.05) is 39.8 Å². The number of amides is 11. The molecule has 14 atom stereocenters. The molecule has 2 bridgehead atoms. The highest BCUT2D eigenvalue weighted by Crippen LogP contribution is 2.50. The van der Waals surface area contributed by atoms with Crippen LogP contribution >= 0.6 is 0 Å². The number of hydrogen-bond acceptors (Lipinski definition) is 14. The summed E-state index contributed by atoms with van der Waals surface area (Å²) in [5.74, 6) is -9.65. The Bertz CT molecular complexity index is 3190. The smallest absolute Gasteiger partial charge is 0.378 e. The lowest BCUT2D eigenvalue weighted by Crippen LogP contribution is -2.72. The minimum absolute atomic E-state index is 0.00267. The molecule has 29 heteroatoms. The quantitative estimate of drug-likeness (QED) is 0.110. The number of halogens is 4.